The first kappa shape index (κ1) is 23.5. The molecule has 4 rings (SSSR count). The number of hydrogen-bond acceptors (Lipinski definition) is 7. The maximum atomic E-state index is 12.9. The zero-order valence-electron chi connectivity index (χ0n) is 17.9. The van der Waals surface area contributed by atoms with Gasteiger partial charge in [0.05, 0.1) is 18.8 Å². The number of carbonyl (C=O) groups is 2. The molecule has 3 aliphatic rings. The first-order valence-corrected chi connectivity index (χ1v) is 10.6. The number of ether oxygens (including phenoxy) is 2. The Hall–Kier alpha value is -2.20. The average molecular weight is 437 g/mol. The Balaban J connectivity index is 0.000000858. The van der Waals surface area contributed by atoms with E-state index in [2.05, 4.69) is 4.90 Å². The highest BCUT2D eigenvalue weighted by Gasteiger charge is 2.52. The molecule has 3 heterocycles. The number of fused-ring (bicyclic) bond motifs is 1. The molecule has 9 heteroatoms. The molecule has 3 aliphatic heterocycles. The van der Waals surface area contributed by atoms with Crippen LogP contribution in [0, 0.1) is 0 Å². The maximum absolute atomic E-state index is 12.9. The van der Waals surface area contributed by atoms with Crippen molar-refractivity contribution in [2.24, 2.45) is 0 Å². The number of benzene rings is 1. The molecule has 2 atom stereocenters. The number of hydrogen-bond donors (Lipinski definition) is 3. The van der Waals surface area contributed by atoms with Gasteiger partial charge in [-0.2, -0.15) is 0 Å². The molecular weight excluding hydrogens is 404 g/mol. The molecule has 1 spiro atoms. The molecule has 2 saturated heterocycles. The van der Waals surface area contributed by atoms with Gasteiger partial charge in [-0.3, -0.25) is 14.5 Å². The van der Waals surface area contributed by atoms with Gasteiger partial charge in [0.25, 0.3) is 6.47 Å². The summed E-state index contributed by atoms with van der Waals surface area (Å²) in [4.78, 5) is 25.2. The Bertz CT molecular complexity index is 762. The molecule has 0 radical (unpaired) electrons. The van der Waals surface area contributed by atoms with Crippen molar-refractivity contribution in [2.75, 3.05) is 39.4 Å². The molecule has 1 aromatic rings. The first-order chi connectivity index (χ1) is 14.8. The number of nitrogens with zero attached hydrogens (tertiary/aromatic N) is 2. The van der Waals surface area contributed by atoms with Crippen molar-refractivity contribution in [2.45, 2.75) is 50.0 Å². The number of para-hydroxylation sites is 1. The maximum Gasteiger partial charge on any atom is 0.290 e. The van der Waals surface area contributed by atoms with Crippen LogP contribution in [0.15, 0.2) is 24.3 Å². The minimum Gasteiger partial charge on any atom is -0.492 e. The molecule has 0 unspecified atom stereocenters. The summed E-state index contributed by atoms with van der Waals surface area (Å²) in [6, 6.07) is 7.95. The van der Waals surface area contributed by atoms with Crippen molar-refractivity contribution in [1.29, 1.82) is 0 Å². The van der Waals surface area contributed by atoms with E-state index < -0.39 is 17.3 Å². The number of likely N-dealkylation sites (tertiary alicyclic amines) is 1. The number of rotatable bonds is 2. The van der Waals surface area contributed by atoms with E-state index in [1.54, 1.807) is 6.92 Å². The molecule has 0 aliphatic carbocycles. The van der Waals surface area contributed by atoms with E-state index in [9.17, 15) is 15.0 Å². The third kappa shape index (κ3) is 5.35. The van der Waals surface area contributed by atoms with Crippen LogP contribution < -0.4 is 4.74 Å². The summed E-state index contributed by atoms with van der Waals surface area (Å²) in [6.45, 7) is 5.26. The number of carboxylic acid groups (broad SMARTS) is 1. The van der Waals surface area contributed by atoms with Crippen molar-refractivity contribution in [3.8, 4) is 5.75 Å². The van der Waals surface area contributed by atoms with E-state index in [0.717, 1.165) is 11.3 Å². The fourth-order valence-corrected chi connectivity index (χ4v) is 4.60. The predicted molar refractivity (Wildman–Crippen MR) is 112 cm³/mol. The molecule has 172 valence electrons. The predicted octanol–water partition coefficient (Wildman–Crippen LogP) is 0.475. The minimum absolute atomic E-state index is 0.0892. The fraction of sp³-hybridized carbons (Fsp3) is 0.636. The lowest BCUT2D eigenvalue weighted by Crippen LogP contribution is -2.64. The van der Waals surface area contributed by atoms with Crippen LogP contribution in [0.5, 0.6) is 5.75 Å². The number of carbonyl (C=O) groups excluding carboxylic acids is 1. The molecule has 2 fully saturated rings. The number of amides is 1. The number of aliphatic hydroxyl groups excluding tert-OH is 1. The number of aliphatic hydroxyl groups is 2. The lowest BCUT2D eigenvalue weighted by Gasteiger charge is -2.51. The van der Waals surface area contributed by atoms with Crippen LogP contribution in [-0.2, 0) is 20.9 Å². The van der Waals surface area contributed by atoms with Crippen molar-refractivity contribution in [1.82, 2.24) is 9.80 Å². The standard InChI is InChI=1S/C21H30N2O5.CH2O2/c1-20(26)8-12-28-21(19(20)25)6-9-23(10-7-21)18(24)15-22-11-13-27-17-5-3-2-4-16(17)14-22;2-1-3/h2-5,19,25-26H,6-15H2,1H3;1H,(H,2,3)/t19-,20+;/m0./s1. The van der Waals surface area contributed by atoms with Crippen LogP contribution in [0.4, 0.5) is 0 Å². The Morgan fingerprint density at radius 1 is 1.19 bits per heavy atom. The topological polar surface area (TPSA) is 120 Å². The van der Waals surface area contributed by atoms with Gasteiger partial charge >= 0.3 is 0 Å². The van der Waals surface area contributed by atoms with Gasteiger partial charge in [0.1, 0.15) is 24.1 Å². The van der Waals surface area contributed by atoms with Crippen molar-refractivity contribution in [3.63, 3.8) is 0 Å². The summed E-state index contributed by atoms with van der Waals surface area (Å²) in [7, 11) is 0. The second-order valence-corrected chi connectivity index (χ2v) is 8.58. The lowest BCUT2D eigenvalue weighted by atomic mass is 9.75. The van der Waals surface area contributed by atoms with Gasteiger partial charge in [0.15, 0.2) is 0 Å². The van der Waals surface area contributed by atoms with Gasteiger partial charge in [-0.1, -0.05) is 18.2 Å². The molecular formula is C22H32N2O7. The monoisotopic (exact) mass is 436 g/mol. The van der Waals surface area contributed by atoms with Crippen molar-refractivity contribution >= 4 is 12.4 Å². The molecule has 0 saturated carbocycles. The lowest BCUT2D eigenvalue weighted by molar-refractivity contribution is -0.245. The summed E-state index contributed by atoms with van der Waals surface area (Å²) >= 11 is 0. The smallest absolute Gasteiger partial charge is 0.290 e. The van der Waals surface area contributed by atoms with Crippen LogP contribution >= 0.6 is 0 Å². The zero-order valence-corrected chi connectivity index (χ0v) is 17.9. The van der Waals surface area contributed by atoms with Crippen molar-refractivity contribution < 1.29 is 34.4 Å². The summed E-state index contributed by atoms with van der Waals surface area (Å²) in [5.74, 6) is 0.985. The van der Waals surface area contributed by atoms with Gasteiger partial charge in [0.2, 0.25) is 5.91 Å². The van der Waals surface area contributed by atoms with E-state index >= 15 is 0 Å². The van der Waals surface area contributed by atoms with Gasteiger partial charge in [-0.25, -0.2) is 0 Å². The van der Waals surface area contributed by atoms with Crippen LogP contribution in [0.1, 0.15) is 31.7 Å². The Morgan fingerprint density at radius 3 is 2.58 bits per heavy atom. The molecule has 31 heavy (non-hydrogen) atoms. The van der Waals surface area contributed by atoms with Crippen LogP contribution in [-0.4, -0.2) is 94.2 Å². The zero-order chi connectivity index (χ0) is 22.5. The molecule has 1 amide bonds. The Kier molecular flexibility index (Phi) is 7.53. The van der Waals surface area contributed by atoms with Gasteiger partial charge in [-0.15, -0.1) is 0 Å². The SMILES string of the molecule is C[C@@]1(O)CCOC2(CCN(C(=O)CN3CCOc4ccccc4C3)CC2)[C@H]1O.O=CO. The van der Waals surface area contributed by atoms with Crippen LogP contribution in [0.2, 0.25) is 0 Å². The third-order valence-corrected chi connectivity index (χ3v) is 6.44. The highest BCUT2D eigenvalue weighted by Crippen LogP contribution is 2.39. The van der Waals surface area contributed by atoms with E-state index in [1.807, 2.05) is 29.2 Å². The van der Waals surface area contributed by atoms with Crippen LogP contribution in [0.3, 0.4) is 0 Å². The first-order valence-electron chi connectivity index (χ1n) is 10.6. The molecule has 9 nitrogen and oxygen atoms in total. The molecule has 1 aromatic carbocycles. The van der Waals surface area contributed by atoms with Gasteiger partial charge in [0, 0.05) is 38.2 Å². The molecule has 0 aromatic heterocycles. The highest BCUT2D eigenvalue weighted by atomic mass is 16.5. The molecule has 3 N–H and O–H groups in total. The Labute approximate surface area is 182 Å². The van der Waals surface area contributed by atoms with Gasteiger partial charge < -0.3 is 29.7 Å². The average Bonchev–Trinajstić information content (AvgIpc) is 2.95. The quantitative estimate of drug-likeness (QED) is 0.573. The number of piperidine rings is 1. The highest BCUT2D eigenvalue weighted by molar-refractivity contribution is 5.78. The van der Waals surface area contributed by atoms with E-state index in [0.29, 0.717) is 65.2 Å². The summed E-state index contributed by atoms with van der Waals surface area (Å²) < 4.78 is 11.7. The summed E-state index contributed by atoms with van der Waals surface area (Å²) in [6.07, 6.45) is 0.589. The summed E-state index contributed by atoms with van der Waals surface area (Å²) in [5, 5.41) is 27.9. The fourth-order valence-electron chi connectivity index (χ4n) is 4.60. The minimum atomic E-state index is -1.14. The van der Waals surface area contributed by atoms with E-state index in [1.165, 1.54) is 0 Å². The second kappa shape index (κ2) is 9.95. The summed E-state index contributed by atoms with van der Waals surface area (Å²) in [5.41, 5.74) is -0.774. The van der Waals surface area contributed by atoms with Crippen molar-refractivity contribution in [3.05, 3.63) is 29.8 Å². The molecule has 0 bridgehead atoms. The van der Waals surface area contributed by atoms with E-state index in [-0.39, 0.29) is 12.4 Å². The van der Waals surface area contributed by atoms with Gasteiger partial charge in [-0.05, 0) is 25.8 Å². The van der Waals surface area contributed by atoms with E-state index in [4.69, 9.17) is 19.4 Å². The third-order valence-electron chi connectivity index (χ3n) is 6.44. The Morgan fingerprint density at radius 2 is 1.87 bits per heavy atom. The van der Waals surface area contributed by atoms with Crippen LogP contribution in [0.25, 0.3) is 0 Å². The second-order valence-electron chi connectivity index (χ2n) is 8.58. The largest absolute Gasteiger partial charge is 0.492 e. The normalized spacial score (nSPS) is 27.8.